The maximum absolute atomic E-state index is 9.42. The lowest BCUT2D eigenvalue weighted by atomic mass is 9.96. The van der Waals surface area contributed by atoms with E-state index < -0.39 is 0 Å². The molecular weight excluding hydrogens is 280 g/mol. The summed E-state index contributed by atoms with van der Waals surface area (Å²) in [6.45, 7) is 12.6. The van der Waals surface area contributed by atoms with Gasteiger partial charge in [0.2, 0.25) is 11.8 Å². The second-order valence-corrected chi connectivity index (χ2v) is 7.47. The van der Waals surface area contributed by atoms with E-state index in [-0.39, 0.29) is 11.5 Å². The van der Waals surface area contributed by atoms with Gasteiger partial charge in [0.25, 0.3) is 0 Å². The van der Waals surface area contributed by atoms with E-state index >= 15 is 0 Å². The largest absolute Gasteiger partial charge is 0.423 e. The zero-order valence-corrected chi connectivity index (χ0v) is 14.3. The number of aliphatic hydroxyl groups excluding tert-OH is 1. The minimum Gasteiger partial charge on any atom is -0.423 e. The molecule has 1 aliphatic rings. The molecule has 2 rings (SSSR count). The Hall–Kier alpha value is -0.980. The molecule has 0 spiro atoms. The van der Waals surface area contributed by atoms with Crippen molar-refractivity contribution in [2.45, 2.75) is 58.6 Å². The maximum Gasteiger partial charge on any atom is 0.230 e. The summed E-state index contributed by atoms with van der Waals surface area (Å²) in [6, 6.07) is 0. The summed E-state index contributed by atoms with van der Waals surface area (Å²) < 4.78 is 5.68. The van der Waals surface area contributed by atoms with Crippen LogP contribution in [0.3, 0.4) is 0 Å². The monoisotopic (exact) mass is 310 g/mol. The maximum atomic E-state index is 9.42. The van der Waals surface area contributed by atoms with Gasteiger partial charge in [-0.05, 0) is 45.3 Å². The highest BCUT2D eigenvalue weighted by molar-refractivity contribution is 4.95. The number of β-amino-alcohol motifs (C(OH)–C–C–N with tert-alkyl or cyclic N) is 1. The van der Waals surface area contributed by atoms with E-state index in [1.54, 1.807) is 0 Å². The lowest BCUT2D eigenvalue weighted by molar-refractivity contribution is 0.0996. The Morgan fingerprint density at radius 2 is 2.00 bits per heavy atom. The van der Waals surface area contributed by atoms with Gasteiger partial charge in [-0.3, -0.25) is 0 Å². The summed E-state index contributed by atoms with van der Waals surface area (Å²) in [4.78, 5) is 2.34. The van der Waals surface area contributed by atoms with Crippen LogP contribution in [0.15, 0.2) is 4.42 Å². The first-order chi connectivity index (χ1) is 10.3. The van der Waals surface area contributed by atoms with Crippen molar-refractivity contribution in [3.05, 3.63) is 11.8 Å². The standard InChI is InChI=1S/C16H30N4O2/c1-12(21)11-20-7-5-13(6-8-20)9-17-10-14-18-19-15(22-14)16(2,3)4/h12-13,17,21H,5-11H2,1-4H3/t12-/m0/s1. The van der Waals surface area contributed by atoms with E-state index in [4.69, 9.17) is 4.42 Å². The number of likely N-dealkylation sites (tertiary alicyclic amines) is 1. The van der Waals surface area contributed by atoms with Crippen molar-refractivity contribution in [1.29, 1.82) is 0 Å². The van der Waals surface area contributed by atoms with Crippen molar-refractivity contribution in [3.8, 4) is 0 Å². The van der Waals surface area contributed by atoms with E-state index in [9.17, 15) is 5.11 Å². The van der Waals surface area contributed by atoms with Gasteiger partial charge in [-0.25, -0.2) is 0 Å². The Labute approximate surface area is 133 Å². The highest BCUT2D eigenvalue weighted by atomic mass is 16.4. The number of piperidine rings is 1. The summed E-state index contributed by atoms with van der Waals surface area (Å²) in [6.07, 6.45) is 2.12. The molecule has 0 saturated carbocycles. The minimum atomic E-state index is -0.232. The third-order valence-corrected chi connectivity index (χ3v) is 4.05. The van der Waals surface area contributed by atoms with Crippen LogP contribution in [-0.2, 0) is 12.0 Å². The van der Waals surface area contributed by atoms with Crippen molar-refractivity contribution in [2.75, 3.05) is 26.2 Å². The van der Waals surface area contributed by atoms with Crippen LogP contribution in [-0.4, -0.2) is 52.5 Å². The number of nitrogens with zero attached hydrogens (tertiary/aromatic N) is 3. The Bertz CT molecular complexity index is 445. The second-order valence-electron chi connectivity index (χ2n) is 7.47. The lowest BCUT2D eigenvalue weighted by Gasteiger charge is -2.32. The van der Waals surface area contributed by atoms with E-state index in [1.165, 1.54) is 12.8 Å². The van der Waals surface area contributed by atoms with Gasteiger partial charge >= 0.3 is 0 Å². The van der Waals surface area contributed by atoms with Gasteiger partial charge in [0, 0.05) is 12.0 Å². The number of aliphatic hydroxyl groups is 1. The van der Waals surface area contributed by atoms with Crippen LogP contribution >= 0.6 is 0 Å². The van der Waals surface area contributed by atoms with Crippen LogP contribution in [0.4, 0.5) is 0 Å². The normalized spacial score (nSPS) is 19.5. The van der Waals surface area contributed by atoms with Gasteiger partial charge in [0.1, 0.15) is 0 Å². The molecule has 0 amide bonds. The van der Waals surface area contributed by atoms with E-state index in [0.717, 1.165) is 26.2 Å². The lowest BCUT2D eigenvalue weighted by Crippen LogP contribution is -2.40. The molecule has 0 radical (unpaired) electrons. The van der Waals surface area contributed by atoms with E-state index in [0.29, 0.717) is 24.2 Å². The van der Waals surface area contributed by atoms with Crippen molar-refractivity contribution in [3.63, 3.8) is 0 Å². The third kappa shape index (κ3) is 5.34. The fraction of sp³-hybridized carbons (Fsp3) is 0.875. The van der Waals surface area contributed by atoms with Crippen molar-refractivity contribution in [2.24, 2.45) is 5.92 Å². The van der Waals surface area contributed by atoms with Crippen LogP contribution < -0.4 is 5.32 Å². The molecule has 6 heteroatoms. The van der Waals surface area contributed by atoms with Gasteiger partial charge in [-0.15, -0.1) is 10.2 Å². The molecular formula is C16H30N4O2. The van der Waals surface area contributed by atoms with Crippen LogP contribution in [0, 0.1) is 5.92 Å². The minimum absolute atomic E-state index is 0.0953. The second kappa shape index (κ2) is 7.53. The smallest absolute Gasteiger partial charge is 0.230 e. The molecule has 0 aliphatic carbocycles. The third-order valence-electron chi connectivity index (χ3n) is 4.05. The summed E-state index contributed by atoms with van der Waals surface area (Å²) in [5.41, 5.74) is -0.0953. The molecule has 1 fully saturated rings. The quantitative estimate of drug-likeness (QED) is 0.830. The molecule has 126 valence electrons. The zero-order valence-electron chi connectivity index (χ0n) is 14.3. The van der Waals surface area contributed by atoms with Gasteiger partial charge in [-0.1, -0.05) is 20.8 Å². The van der Waals surface area contributed by atoms with Gasteiger partial charge in [0.05, 0.1) is 12.6 Å². The number of hydrogen-bond acceptors (Lipinski definition) is 6. The Morgan fingerprint density at radius 1 is 1.32 bits per heavy atom. The Morgan fingerprint density at radius 3 is 2.55 bits per heavy atom. The van der Waals surface area contributed by atoms with E-state index in [1.807, 2.05) is 6.92 Å². The molecule has 22 heavy (non-hydrogen) atoms. The molecule has 6 nitrogen and oxygen atoms in total. The SMILES string of the molecule is C[C@H](O)CN1CCC(CNCc2nnc(C(C)(C)C)o2)CC1. The first-order valence-corrected chi connectivity index (χ1v) is 8.28. The summed E-state index contributed by atoms with van der Waals surface area (Å²) in [5, 5.41) is 21.0. The summed E-state index contributed by atoms with van der Waals surface area (Å²) in [7, 11) is 0. The van der Waals surface area contributed by atoms with Gasteiger partial charge in [-0.2, -0.15) is 0 Å². The fourth-order valence-electron chi connectivity index (χ4n) is 2.76. The first kappa shape index (κ1) is 17.4. The zero-order chi connectivity index (χ0) is 16.2. The van der Waals surface area contributed by atoms with Crippen LogP contribution in [0.1, 0.15) is 52.3 Å². The van der Waals surface area contributed by atoms with Gasteiger partial charge in [0.15, 0.2) is 0 Å². The molecule has 1 aliphatic heterocycles. The molecule has 1 atom stereocenters. The highest BCUT2D eigenvalue weighted by Crippen LogP contribution is 2.20. The topological polar surface area (TPSA) is 74.4 Å². The van der Waals surface area contributed by atoms with E-state index in [2.05, 4.69) is 41.2 Å². The molecule has 1 aromatic rings. The van der Waals surface area contributed by atoms with Crippen molar-refractivity contribution >= 4 is 0 Å². The summed E-state index contributed by atoms with van der Waals surface area (Å²) in [5.74, 6) is 2.04. The van der Waals surface area contributed by atoms with Crippen LogP contribution in [0.25, 0.3) is 0 Å². The molecule has 1 saturated heterocycles. The molecule has 0 bridgehead atoms. The van der Waals surface area contributed by atoms with Crippen molar-refractivity contribution in [1.82, 2.24) is 20.4 Å². The predicted octanol–water partition coefficient (Wildman–Crippen LogP) is 1.55. The average molecular weight is 310 g/mol. The molecule has 0 unspecified atom stereocenters. The fourth-order valence-corrected chi connectivity index (χ4v) is 2.76. The molecule has 0 aromatic carbocycles. The van der Waals surface area contributed by atoms with Crippen LogP contribution in [0.2, 0.25) is 0 Å². The average Bonchev–Trinajstić information content (AvgIpc) is 2.89. The number of rotatable bonds is 6. The predicted molar refractivity (Wildman–Crippen MR) is 85.5 cm³/mol. The molecule has 2 N–H and O–H groups in total. The van der Waals surface area contributed by atoms with Crippen LogP contribution in [0.5, 0.6) is 0 Å². The Kier molecular flexibility index (Phi) is 5.94. The summed E-state index contributed by atoms with van der Waals surface area (Å²) >= 11 is 0. The van der Waals surface area contributed by atoms with Gasteiger partial charge < -0.3 is 19.7 Å². The number of nitrogens with one attached hydrogen (secondary N) is 1. The number of hydrogen-bond donors (Lipinski definition) is 2. The molecule has 2 heterocycles. The van der Waals surface area contributed by atoms with Crippen molar-refractivity contribution < 1.29 is 9.52 Å². The first-order valence-electron chi connectivity index (χ1n) is 8.28. The number of aromatic nitrogens is 2. The Balaban J connectivity index is 1.66. The molecule has 1 aromatic heterocycles. The highest BCUT2D eigenvalue weighted by Gasteiger charge is 2.22.